The van der Waals surface area contributed by atoms with Gasteiger partial charge in [-0.15, -0.1) is 0 Å². The van der Waals surface area contributed by atoms with E-state index in [0.29, 0.717) is 6.54 Å². The normalized spacial score (nSPS) is 20.0. The van der Waals surface area contributed by atoms with Gasteiger partial charge >= 0.3 is 0 Å². The van der Waals surface area contributed by atoms with Crippen molar-refractivity contribution in [3.05, 3.63) is 29.0 Å². The molecular weight excluding hydrogens is 243 g/mol. The summed E-state index contributed by atoms with van der Waals surface area (Å²) in [5, 5.41) is 5.93. The summed E-state index contributed by atoms with van der Waals surface area (Å²) < 4.78 is 13.5. The number of piperidine rings is 1. The van der Waals surface area contributed by atoms with Crippen LogP contribution in [0.25, 0.3) is 0 Å². The van der Waals surface area contributed by atoms with Gasteiger partial charge in [-0.2, -0.15) is 0 Å². The number of carbonyl (C=O) groups is 1. The van der Waals surface area contributed by atoms with E-state index in [0.717, 1.165) is 19.4 Å². The molecule has 17 heavy (non-hydrogen) atoms. The summed E-state index contributed by atoms with van der Waals surface area (Å²) >= 11 is 5.84. The average molecular weight is 257 g/mol. The topological polar surface area (TPSA) is 41.1 Å². The SMILES string of the molecule is O=C(Nc1c(F)cccc1Cl)[C@@H]1CCCNC1. The molecule has 1 fully saturated rings. The third-order valence-corrected chi connectivity index (χ3v) is 3.19. The van der Waals surface area contributed by atoms with Crippen molar-refractivity contribution in [1.29, 1.82) is 0 Å². The van der Waals surface area contributed by atoms with Crippen molar-refractivity contribution in [2.45, 2.75) is 12.8 Å². The molecule has 1 aromatic rings. The predicted octanol–water partition coefficient (Wildman–Crippen LogP) is 2.42. The van der Waals surface area contributed by atoms with E-state index in [4.69, 9.17) is 11.6 Å². The van der Waals surface area contributed by atoms with Crippen LogP contribution in [-0.2, 0) is 4.79 Å². The van der Waals surface area contributed by atoms with Crippen LogP contribution in [0, 0.1) is 11.7 Å². The molecular formula is C12H14ClFN2O. The number of carbonyl (C=O) groups excluding carboxylic acids is 1. The Morgan fingerprint density at radius 3 is 3.00 bits per heavy atom. The molecule has 1 aromatic carbocycles. The maximum atomic E-state index is 13.5. The van der Waals surface area contributed by atoms with Crippen molar-refractivity contribution in [2.75, 3.05) is 18.4 Å². The van der Waals surface area contributed by atoms with Crippen LogP contribution in [-0.4, -0.2) is 19.0 Å². The Hall–Kier alpha value is -1.13. The van der Waals surface area contributed by atoms with Crippen LogP contribution in [0.5, 0.6) is 0 Å². The molecule has 1 heterocycles. The molecule has 0 aromatic heterocycles. The lowest BCUT2D eigenvalue weighted by Crippen LogP contribution is -2.37. The first kappa shape index (κ1) is 12.3. The van der Waals surface area contributed by atoms with Gasteiger partial charge in [-0.25, -0.2) is 4.39 Å². The van der Waals surface area contributed by atoms with Gasteiger partial charge in [0.2, 0.25) is 5.91 Å². The van der Waals surface area contributed by atoms with E-state index < -0.39 is 5.82 Å². The Morgan fingerprint density at radius 1 is 1.53 bits per heavy atom. The highest BCUT2D eigenvalue weighted by Crippen LogP contribution is 2.25. The van der Waals surface area contributed by atoms with Crippen molar-refractivity contribution in [3.63, 3.8) is 0 Å². The number of anilines is 1. The molecule has 5 heteroatoms. The molecule has 1 atom stereocenters. The molecule has 1 saturated heterocycles. The zero-order valence-corrected chi connectivity index (χ0v) is 10.1. The minimum Gasteiger partial charge on any atom is -0.322 e. The van der Waals surface area contributed by atoms with Crippen molar-refractivity contribution < 1.29 is 9.18 Å². The standard InChI is InChI=1S/C12H14ClFN2O/c13-9-4-1-5-10(14)11(9)16-12(17)8-3-2-6-15-7-8/h1,4-5,8,15H,2-3,6-7H2,(H,16,17)/t8-/m1/s1. The molecule has 0 saturated carbocycles. The smallest absolute Gasteiger partial charge is 0.228 e. The molecule has 0 aliphatic carbocycles. The molecule has 0 spiro atoms. The molecule has 92 valence electrons. The van der Waals surface area contributed by atoms with Crippen LogP contribution in [0.1, 0.15) is 12.8 Å². The summed E-state index contributed by atoms with van der Waals surface area (Å²) in [7, 11) is 0. The van der Waals surface area contributed by atoms with E-state index in [2.05, 4.69) is 10.6 Å². The van der Waals surface area contributed by atoms with Crippen LogP contribution in [0.2, 0.25) is 5.02 Å². The second-order valence-electron chi connectivity index (χ2n) is 4.13. The second kappa shape index (κ2) is 5.47. The summed E-state index contributed by atoms with van der Waals surface area (Å²) in [5.74, 6) is -0.793. The predicted molar refractivity (Wildman–Crippen MR) is 65.6 cm³/mol. The molecule has 0 bridgehead atoms. The molecule has 0 unspecified atom stereocenters. The largest absolute Gasteiger partial charge is 0.322 e. The lowest BCUT2D eigenvalue weighted by molar-refractivity contribution is -0.120. The summed E-state index contributed by atoms with van der Waals surface area (Å²) in [6.45, 7) is 1.57. The van der Waals surface area contributed by atoms with Crippen LogP contribution in [0.15, 0.2) is 18.2 Å². The van der Waals surface area contributed by atoms with Gasteiger partial charge in [-0.3, -0.25) is 4.79 Å². The highest BCUT2D eigenvalue weighted by Gasteiger charge is 2.22. The summed E-state index contributed by atoms with van der Waals surface area (Å²) in [6, 6.07) is 4.34. The van der Waals surface area contributed by atoms with E-state index in [9.17, 15) is 9.18 Å². The number of rotatable bonds is 2. The van der Waals surface area contributed by atoms with Gasteiger partial charge in [-0.1, -0.05) is 17.7 Å². The Morgan fingerprint density at radius 2 is 2.35 bits per heavy atom. The van der Waals surface area contributed by atoms with Gasteiger partial charge in [0.15, 0.2) is 0 Å². The van der Waals surface area contributed by atoms with E-state index in [1.54, 1.807) is 6.07 Å². The Bertz CT molecular complexity index is 399. The van der Waals surface area contributed by atoms with Crippen molar-refractivity contribution in [2.24, 2.45) is 5.92 Å². The highest BCUT2D eigenvalue weighted by atomic mass is 35.5. The zero-order valence-electron chi connectivity index (χ0n) is 9.30. The molecule has 2 N–H and O–H groups in total. The number of benzene rings is 1. The first-order valence-corrected chi connectivity index (χ1v) is 6.02. The van der Waals surface area contributed by atoms with Crippen molar-refractivity contribution in [3.8, 4) is 0 Å². The fourth-order valence-corrected chi connectivity index (χ4v) is 2.13. The van der Waals surface area contributed by atoms with Gasteiger partial charge in [0.25, 0.3) is 0 Å². The third-order valence-electron chi connectivity index (χ3n) is 2.88. The van der Waals surface area contributed by atoms with Gasteiger partial charge in [0, 0.05) is 6.54 Å². The minimum absolute atomic E-state index is 0.0738. The first-order valence-electron chi connectivity index (χ1n) is 5.64. The molecule has 1 aliphatic heterocycles. The van der Waals surface area contributed by atoms with Gasteiger partial charge in [0.05, 0.1) is 16.6 Å². The number of nitrogens with one attached hydrogen (secondary N) is 2. The number of hydrogen-bond donors (Lipinski definition) is 2. The van der Waals surface area contributed by atoms with Crippen LogP contribution in [0.3, 0.4) is 0 Å². The highest BCUT2D eigenvalue weighted by molar-refractivity contribution is 6.33. The minimum atomic E-state index is -0.505. The zero-order chi connectivity index (χ0) is 12.3. The number of hydrogen-bond acceptors (Lipinski definition) is 2. The van der Waals surface area contributed by atoms with Gasteiger partial charge in [0.1, 0.15) is 5.82 Å². The number of para-hydroxylation sites is 1. The molecule has 1 aliphatic rings. The van der Waals surface area contributed by atoms with E-state index in [1.807, 2.05) is 0 Å². The Kier molecular flexibility index (Phi) is 3.97. The maximum Gasteiger partial charge on any atom is 0.228 e. The molecule has 0 radical (unpaired) electrons. The van der Waals surface area contributed by atoms with Gasteiger partial charge < -0.3 is 10.6 Å². The molecule has 1 amide bonds. The van der Waals surface area contributed by atoms with Crippen LogP contribution >= 0.6 is 11.6 Å². The second-order valence-corrected chi connectivity index (χ2v) is 4.54. The first-order chi connectivity index (χ1) is 8.18. The van der Waals surface area contributed by atoms with Crippen LogP contribution < -0.4 is 10.6 Å². The average Bonchev–Trinajstić information content (AvgIpc) is 2.35. The fourth-order valence-electron chi connectivity index (χ4n) is 1.92. The summed E-state index contributed by atoms with van der Waals surface area (Å²) in [6.07, 6.45) is 1.79. The third kappa shape index (κ3) is 2.96. The van der Waals surface area contributed by atoms with Crippen molar-refractivity contribution >= 4 is 23.2 Å². The van der Waals surface area contributed by atoms with E-state index in [-0.39, 0.29) is 22.5 Å². The quantitative estimate of drug-likeness (QED) is 0.853. The Balaban J connectivity index is 2.07. The maximum absolute atomic E-state index is 13.5. The van der Waals surface area contributed by atoms with E-state index in [1.165, 1.54) is 12.1 Å². The molecule has 2 rings (SSSR count). The number of amides is 1. The number of halogens is 2. The van der Waals surface area contributed by atoms with Gasteiger partial charge in [-0.05, 0) is 31.5 Å². The summed E-state index contributed by atoms with van der Waals surface area (Å²) in [4.78, 5) is 11.9. The van der Waals surface area contributed by atoms with Crippen molar-refractivity contribution in [1.82, 2.24) is 5.32 Å². The summed E-state index contributed by atoms with van der Waals surface area (Å²) in [5.41, 5.74) is 0.0738. The van der Waals surface area contributed by atoms with Crippen LogP contribution in [0.4, 0.5) is 10.1 Å². The lowest BCUT2D eigenvalue weighted by Gasteiger charge is -2.22. The molecule has 3 nitrogen and oxygen atoms in total. The van der Waals surface area contributed by atoms with E-state index >= 15 is 0 Å². The fraction of sp³-hybridized carbons (Fsp3) is 0.417. The lowest BCUT2D eigenvalue weighted by atomic mass is 9.99. The monoisotopic (exact) mass is 256 g/mol. The Labute approximate surface area is 104 Å².